The van der Waals surface area contributed by atoms with E-state index in [9.17, 15) is 4.79 Å². The summed E-state index contributed by atoms with van der Waals surface area (Å²) in [5.41, 5.74) is 0. The Morgan fingerprint density at radius 2 is 2.31 bits per heavy atom. The van der Waals surface area contributed by atoms with E-state index in [4.69, 9.17) is 0 Å². The largest absolute Gasteiger partial charge is 0.352 e. The van der Waals surface area contributed by atoms with Crippen LogP contribution in [-0.2, 0) is 4.79 Å². The Bertz CT molecular complexity index is 184. The maximum absolute atomic E-state index is 11.4. The molecule has 2 nitrogen and oxygen atoms in total. The van der Waals surface area contributed by atoms with Gasteiger partial charge in [0.1, 0.15) is 0 Å². The van der Waals surface area contributed by atoms with Crippen molar-refractivity contribution in [2.24, 2.45) is 5.92 Å². The lowest BCUT2D eigenvalue weighted by Gasteiger charge is -2.07. The molecule has 0 aliphatic heterocycles. The predicted molar refractivity (Wildman–Crippen MR) is 58.0 cm³/mol. The van der Waals surface area contributed by atoms with Crippen molar-refractivity contribution in [2.45, 2.75) is 50.4 Å². The van der Waals surface area contributed by atoms with E-state index in [1.54, 1.807) is 0 Å². The van der Waals surface area contributed by atoms with E-state index < -0.39 is 0 Å². The first-order valence-electron chi connectivity index (χ1n) is 5.13. The molecule has 1 fully saturated rings. The summed E-state index contributed by atoms with van der Waals surface area (Å²) in [5, 5.41) is 3.05. The quantitative estimate of drug-likeness (QED) is 0.744. The van der Waals surface area contributed by atoms with E-state index in [2.05, 4.69) is 28.2 Å². The minimum atomic E-state index is -0.00428. The molecule has 13 heavy (non-hydrogen) atoms. The standard InChI is InChI=1S/C10H18BrNO/c1-3-5-7-6-9(7)12-10(13)8(11)4-2/h7-9H,3-6H2,1-2H3,(H,12,13). The SMILES string of the molecule is CCCC1CC1NC(=O)C(Br)CC. The number of amides is 1. The van der Waals surface area contributed by atoms with Gasteiger partial charge in [-0.25, -0.2) is 0 Å². The maximum Gasteiger partial charge on any atom is 0.233 e. The molecule has 0 aromatic rings. The monoisotopic (exact) mass is 247 g/mol. The van der Waals surface area contributed by atoms with Crippen molar-refractivity contribution in [1.82, 2.24) is 5.32 Å². The second-order valence-corrected chi connectivity index (χ2v) is 4.88. The van der Waals surface area contributed by atoms with Crippen molar-refractivity contribution in [3.05, 3.63) is 0 Å². The molecule has 3 atom stereocenters. The van der Waals surface area contributed by atoms with Gasteiger partial charge in [-0.1, -0.05) is 36.2 Å². The normalized spacial score (nSPS) is 28.2. The molecule has 0 bridgehead atoms. The summed E-state index contributed by atoms with van der Waals surface area (Å²) in [6, 6.07) is 0.471. The first kappa shape index (κ1) is 11.0. The van der Waals surface area contributed by atoms with Gasteiger partial charge in [0, 0.05) is 6.04 Å². The molecule has 1 aliphatic rings. The Morgan fingerprint density at radius 3 is 2.85 bits per heavy atom. The molecule has 3 heteroatoms. The number of rotatable bonds is 5. The lowest BCUT2D eigenvalue weighted by atomic mass is 10.2. The molecule has 76 valence electrons. The van der Waals surface area contributed by atoms with Crippen LogP contribution >= 0.6 is 15.9 Å². The Balaban J connectivity index is 2.16. The van der Waals surface area contributed by atoms with Crippen LogP contribution in [0.5, 0.6) is 0 Å². The summed E-state index contributed by atoms with van der Waals surface area (Å²) in [7, 11) is 0. The number of carbonyl (C=O) groups is 1. The zero-order chi connectivity index (χ0) is 9.84. The zero-order valence-electron chi connectivity index (χ0n) is 8.35. The molecular weight excluding hydrogens is 230 g/mol. The van der Waals surface area contributed by atoms with Gasteiger partial charge in [0.05, 0.1) is 4.83 Å². The van der Waals surface area contributed by atoms with E-state index in [0.29, 0.717) is 6.04 Å². The van der Waals surface area contributed by atoms with Crippen molar-refractivity contribution < 1.29 is 4.79 Å². The van der Waals surface area contributed by atoms with Gasteiger partial charge in [0.2, 0.25) is 5.91 Å². The van der Waals surface area contributed by atoms with Crippen molar-refractivity contribution in [3.63, 3.8) is 0 Å². The highest BCUT2D eigenvalue weighted by Crippen LogP contribution is 2.34. The van der Waals surface area contributed by atoms with Crippen LogP contribution in [0.4, 0.5) is 0 Å². The smallest absolute Gasteiger partial charge is 0.233 e. The molecule has 1 saturated carbocycles. The van der Waals surface area contributed by atoms with Gasteiger partial charge in [-0.15, -0.1) is 0 Å². The van der Waals surface area contributed by atoms with Gasteiger partial charge in [-0.3, -0.25) is 4.79 Å². The number of alkyl halides is 1. The van der Waals surface area contributed by atoms with Crippen LogP contribution in [0.25, 0.3) is 0 Å². The number of hydrogen-bond acceptors (Lipinski definition) is 1. The lowest BCUT2D eigenvalue weighted by Crippen LogP contribution is -2.33. The molecule has 0 heterocycles. The molecule has 1 aliphatic carbocycles. The molecule has 0 aromatic carbocycles. The van der Waals surface area contributed by atoms with Crippen molar-refractivity contribution >= 4 is 21.8 Å². The number of hydrogen-bond donors (Lipinski definition) is 1. The van der Waals surface area contributed by atoms with Gasteiger partial charge < -0.3 is 5.32 Å². The predicted octanol–water partition coefficient (Wildman–Crippen LogP) is 2.46. The Kier molecular flexibility index (Phi) is 4.23. The molecule has 0 saturated heterocycles. The molecule has 0 spiro atoms. The fourth-order valence-electron chi connectivity index (χ4n) is 1.57. The summed E-state index contributed by atoms with van der Waals surface area (Å²) < 4.78 is 0. The van der Waals surface area contributed by atoms with E-state index in [0.717, 1.165) is 12.3 Å². The number of carbonyl (C=O) groups excluding carboxylic acids is 1. The molecule has 3 unspecified atom stereocenters. The summed E-state index contributed by atoms with van der Waals surface area (Å²) >= 11 is 3.35. The second kappa shape index (κ2) is 4.99. The van der Waals surface area contributed by atoms with E-state index in [1.807, 2.05) is 6.92 Å². The Hall–Kier alpha value is -0.0500. The number of nitrogens with one attached hydrogen (secondary N) is 1. The highest BCUT2D eigenvalue weighted by atomic mass is 79.9. The second-order valence-electron chi connectivity index (χ2n) is 3.78. The number of halogens is 1. The van der Waals surface area contributed by atoms with Crippen molar-refractivity contribution in [1.29, 1.82) is 0 Å². The third-order valence-electron chi connectivity index (χ3n) is 2.55. The Labute approximate surface area is 88.6 Å². The van der Waals surface area contributed by atoms with Crippen LogP contribution in [0.1, 0.15) is 39.5 Å². The van der Waals surface area contributed by atoms with Crippen LogP contribution in [-0.4, -0.2) is 16.8 Å². The molecule has 1 rings (SSSR count). The van der Waals surface area contributed by atoms with E-state index in [-0.39, 0.29) is 10.7 Å². The highest BCUT2D eigenvalue weighted by Gasteiger charge is 2.37. The van der Waals surface area contributed by atoms with Crippen LogP contribution in [0.3, 0.4) is 0 Å². The van der Waals surface area contributed by atoms with Crippen molar-refractivity contribution in [2.75, 3.05) is 0 Å². The molecule has 0 radical (unpaired) electrons. The first-order chi connectivity index (χ1) is 6.19. The van der Waals surface area contributed by atoms with Gasteiger partial charge >= 0.3 is 0 Å². The van der Waals surface area contributed by atoms with Gasteiger partial charge in [-0.05, 0) is 25.2 Å². The molecule has 1 N–H and O–H groups in total. The first-order valence-corrected chi connectivity index (χ1v) is 6.05. The Morgan fingerprint density at radius 1 is 1.62 bits per heavy atom. The average Bonchev–Trinajstić information content (AvgIpc) is 2.83. The van der Waals surface area contributed by atoms with E-state index >= 15 is 0 Å². The maximum atomic E-state index is 11.4. The van der Waals surface area contributed by atoms with Gasteiger partial charge in [0.25, 0.3) is 0 Å². The van der Waals surface area contributed by atoms with Crippen LogP contribution in [0, 0.1) is 5.92 Å². The topological polar surface area (TPSA) is 29.1 Å². The highest BCUT2D eigenvalue weighted by molar-refractivity contribution is 9.10. The minimum Gasteiger partial charge on any atom is -0.352 e. The van der Waals surface area contributed by atoms with Crippen LogP contribution in [0.2, 0.25) is 0 Å². The van der Waals surface area contributed by atoms with Crippen LogP contribution < -0.4 is 5.32 Å². The van der Waals surface area contributed by atoms with Gasteiger partial charge in [-0.2, -0.15) is 0 Å². The molecular formula is C10H18BrNO. The third-order valence-corrected chi connectivity index (χ3v) is 3.62. The third kappa shape index (κ3) is 3.29. The van der Waals surface area contributed by atoms with Crippen LogP contribution in [0.15, 0.2) is 0 Å². The zero-order valence-corrected chi connectivity index (χ0v) is 9.93. The minimum absolute atomic E-state index is 0.00428. The fraction of sp³-hybridized carbons (Fsp3) is 0.900. The average molecular weight is 248 g/mol. The fourth-order valence-corrected chi connectivity index (χ4v) is 1.70. The summed E-state index contributed by atoms with van der Waals surface area (Å²) in [5.74, 6) is 0.914. The van der Waals surface area contributed by atoms with E-state index in [1.165, 1.54) is 19.3 Å². The molecule has 0 aromatic heterocycles. The summed E-state index contributed by atoms with van der Waals surface area (Å²) in [4.78, 5) is 11.4. The summed E-state index contributed by atoms with van der Waals surface area (Å²) in [6.07, 6.45) is 4.52. The molecule has 1 amide bonds. The van der Waals surface area contributed by atoms with Crippen molar-refractivity contribution in [3.8, 4) is 0 Å². The van der Waals surface area contributed by atoms with Gasteiger partial charge in [0.15, 0.2) is 0 Å². The lowest BCUT2D eigenvalue weighted by molar-refractivity contribution is -0.120. The summed E-state index contributed by atoms with van der Waals surface area (Å²) in [6.45, 7) is 4.20.